The van der Waals surface area contributed by atoms with E-state index in [1.54, 1.807) is 42.5 Å². The highest BCUT2D eigenvalue weighted by atomic mass is 35.5. The van der Waals surface area contributed by atoms with Crippen molar-refractivity contribution in [1.29, 1.82) is 0 Å². The van der Waals surface area contributed by atoms with Crippen molar-refractivity contribution in [2.24, 2.45) is 0 Å². The number of halogens is 1. The molecule has 0 fully saturated rings. The summed E-state index contributed by atoms with van der Waals surface area (Å²) in [6.07, 6.45) is -0.479. The Balaban J connectivity index is 1.79. The second-order valence-corrected chi connectivity index (χ2v) is 5.88. The summed E-state index contributed by atoms with van der Waals surface area (Å²) in [5.74, 6) is -1.48. The molecular formula is C18H19ClN2O3. The quantitative estimate of drug-likeness (QED) is 0.728. The van der Waals surface area contributed by atoms with Crippen LogP contribution in [-0.4, -0.2) is 23.5 Å². The van der Waals surface area contributed by atoms with Gasteiger partial charge in [0.05, 0.1) is 6.10 Å². The van der Waals surface area contributed by atoms with E-state index >= 15 is 0 Å². The van der Waals surface area contributed by atoms with Gasteiger partial charge in [-0.05, 0) is 48.7 Å². The Morgan fingerprint density at radius 2 is 1.88 bits per heavy atom. The first-order valence-corrected chi connectivity index (χ1v) is 7.93. The highest BCUT2D eigenvalue weighted by molar-refractivity contribution is 6.39. The Morgan fingerprint density at radius 1 is 1.12 bits per heavy atom. The first-order valence-electron chi connectivity index (χ1n) is 7.55. The molecule has 24 heavy (non-hydrogen) atoms. The Kier molecular flexibility index (Phi) is 6.35. The molecule has 0 unspecified atom stereocenters. The molecule has 0 aliphatic carbocycles. The monoisotopic (exact) mass is 346 g/mol. The summed E-state index contributed by atoms with van der Waals surface area (Å²) in [4.78, 5) is 23.6. The number of carbonyl (C=O) groups excluding carboxylic acids is 2. The van der Waals surface area contributed by atoms with Crippen LogP contribution in [0.15, 0.2) is 48.5 Å². The maximum absolute atomic E-state index is 11.8. The highest BCUT2D eigenvalue weighted by Gasteiger charge is 2.14. The third-order valence-electron chi connectivity index (χ3n) is 3.42. The molecule has 0 spiro atoms. The Bertz CT molecular complexity index is 734. The second-order valence-electron chi connectivity index (χ2n) is 5.44. The zero-order valence-electron chi connectivity index (χ0n) is 13.3. The van der Waals surface area contributed by atoms with E-state index in [1.807, 2.05) is 13.0 Å². The number of aliphatic hydroxyl groups excluding tert-OH is 1. The fourth-order valence-electron chi connectivity index (χ4n) is 2.19. The first kappa shape index (κ1) is 18.0. The number of anilines is 1. The molecule has 2 aromatic rings. The molecule has 0 saturated heterocycles. The summed E-state index contributed by atoms with van der Waals surface area (Å²) in [6, 6.07) is 14.1. The lowest BCUT2D eigenvalue weighted by Crippen LogP contribution is -2.36. The van der Waals surface area contributed by atoms with Crippen LogP contribution in [0, 0.1) is 6.92 Å². The fraction of sp³-hybridized carbons (Fsp3) is 0.222. The summed E-state index contributed by atoms with van der Waals surface area (Å²) < 4.78 is 0. The van der Waals surface area contributed by atoms with Crippen molar-refractivity contribution < 1.29 is 14.7 Å². The maximum atomic E-state index is 11.8. The predicted molar refractivity (Wildman–Crippen MR) is 93.8 cm³/mol. The minimum atomic E-state index is -0.760. The van der Waals surface area contributed by atoms with Crippen molar-refractivity contribution in [3.8, 4) is 0 Å². The van der Waals surface area contributed by atoms with Gasteiger partial charge in [-0.2, -0.15) is 0 Å². The van der Waals surface area contributed by atoms with Gasteiger partial charge in [0.2, 0.25) is 0 Å². The molecule has 0 saturated carbocycles. The van der Waals surface area contributed by atoms with Crippen molar-refractivity contribution in [3.63, 3.8) is 0 Å². The van der Waals surface area contributed by atoms with Gasteiger partial charge in [-0.3, -0.25) is 9.59 Å². The molecule has 0 aromatic heterocycles. The van der Waals surface area contributed by atoms with Gasteiger partial charge in [-0.25, -0.2) is 0 Å². The van der Waals surface area contributed by atoms with Gasteiger partial charge in [0.25, 0.3) is 0 Å². The molecule has 6 heteroatoms. The summed E-state index contributed by atoms with van der Waals surface area (Å²) in [5.41, 5.74) is 2.22. The van der Waals surface area contributed by atoms with Crippen LogP contribution in [0.2, 0.25) is 5.02 Å². The molecule has 2 rings (SSSR count). The molecule has 2 aromatic carbocycles. The minimum absolute atomic E-state index is 0.174. The van der Waals surface area contributed by atoms with Crippen LogP contribution < -0.4 is 10.6 Å². The molecule has 3 N–H and O–H groups in total. The molecule has 5 nitrogen and oxygen atoms in total. The van der Waals surface area contributed by atoms with E-state index in [1.165, 1.54) is 0 Å². The van der Waals surface area contributed by atoms with Gasteiger partial charge >= 0.3 is 11.8 Å². The summed E-state index contributed by atoms with van der Waals surface area (Å²) in [5, 5.41) is 15.6. The van der Waals surface area contributed by atoms with E-state index in [4.69, 9.17) is 11.6 Å². The maximum Gasteiger partial charge on any atom is 0.313 e. The lowest BCUT2D eigenvalue weighted by Gasteiger charge is -2.12. The van der Waals surface area contributed by atoms with E-state index < -0.39 is 17.9 Å². The first-order chi connectivity index (χ1) is 11.5. The normalized spacial score (nSPS) is 11.6. The molecule has 0 heterocycles. The number of nitrogens with one attached hydrogen (secondary N) is 2. The van der Waals surface area contributed by atoms with E-state index in [0.29, 0.717) is 16.3 Å². The molecule has 2 amide bonds. The van der Waals surface area contributed by atoms with Crippen LogP contribution >= 0.6 is 11.6 Å². The Morgan fingerprint density at radius 3 is 2.58 bits per heavy atom. The van der Waals surface area contributed by atoms with Gasteiger partial charge in [-0.1, -0.05) is 35.9 Å². The fourth-order valence-corrected chi connectivity index (χ4v) is 2.39. The van der Waals surface area contributed by atoms with Crippen LogP contribution in [0.4, 0.5) is 5.69 Å². The van der Waals surface area contributed by atoms with Crippen LogP contribution in [0.5, 0.6) is 0 Å². The molecule has 126 valence electrons. The zero-order valence-corrected chi connectivity index (χ0v) is 14.0. The number of amides is 2. The molecule has 0 aliphatic rings. The van der Waals surface area contributed by atoms with Crippen molar-refractivity contribution in [1.82, 2.24) is 5.32 Å². The van der Waals surface area contributed by atoms with Crippen LogP contribution in [0.25, 0.3) is 0 Å². The number of hydrogen-bond donors (Lipinski definition) is 3. The third-order valence-corrected chi connectivity index (χ3v) is 3.65. The highest BCUT2D eigenvalue weighted by Crippen LogP contribution is 2.19. The number of rotatable bonds is 5. The van der Waals surface area contributed by atoms with Crippen LogP contribution in [-0.2, 0) is 9.59 Å². The number of hydrogen-bond acceptors (Lipinski definition) is 3. The van der Waals surface area contributed by atoms with Crippen molar-refractivity contribution in [2.75, 3.05) is 11.9 Å². The van der Waals surface area contributed by atoms with Gasteiger partial charge in [0.1, 0.15) is 0 Å². The molecular weight excluding hydrogens is 328 g/mol. The Hall–Kier alpha value is -2.37. The van der Waals surface area contributed by atoms with E-state index in [9.17, 15) is 14.7 Å². The SMILES string of the molecule is Cc1cccc(NC(=O)C(=O)NCC[C@@H](O)c2cccc(Cl)c2)c1. The van der Waals surface area contributed by atoms with Crippen LogP contribution in [0.3, 0.4) is 0 Å². The molecule has 0 aliphatic heterocycles. The average molecular weight is 347 g/mol. The number of aliphatic hydroxyl groups is 1. The number of benzene rings is 2. The van der Waals surface area contributed by atoms with Gasteiger partial charge in [-0.15, -0.1) is 0 Å². The van der Waals surface area contributed by atoms with Gasteiger partial charge in [0, 0.05) is 17.3 Å². The summed E-state index contributed by atoms with van der Waals surface area (Å²) in [6.45, 7) is 2.07. The van der Waals surface area contributed by atoms with Crippen LogP contribution in [0.1, 0.15) is 23.7 Å². The number of carbonyl (C=O) groups is 2. The average Bonchev–Trinajstić information content (AvgIpc) is 2.54. The molecule has 0 radical (unpaired) electrons. The lowest BCUT2D eigenvalue weighted by molar-refractivity contribution is -0.136. The van der Waals surface area contributed by atoms with E-state index in [-0.39, 0.29) is 13.0 Å². The smallest absolute Gasteiger partial charge is 0.313 e. The predicted octanol–water partition coefficient (Wildman–Crippen LogP) is 2.83. The van der Waals surface area contributed by atoms with Crippen molar-refractivity contribution in [2.45, 2.75) is 19.4 Å². The molecule has 1 atom stereocenters. The van der Waals surface area contributed by atoms with Crippen molar-refractivity contribution >= 4 is 29.1 Å². The lowest BCUT2D eigenvalue weighted by atomic mass is 10.1. The summed E-state index contributed by atoms with van der Waals surface area (Å²) in [7, 11) is 0. The van der Waals surface area contributed by atoms with Gasteiger partial charge in [0.15, 0.2) is 0 Å². The zero-order chi connectivity index (χ0) is 17.5. The topological polar surface area (TPSA) is 78.4 Å². The van der Waals surface area contributed by atoms with Gasteiger partial charge < -0.3 is 15.7 Å². The number of aryl methyl sites for hydroxylation is 1. The van der Waals surface area contributed by atoms with E-state index in [2.05, 4.69) is 10.6 Å². The van der Waals surface area contributed by atoms with Crippen molar-refractivity contribution in [3.05, 3.63) is 64.7 Å². The van der Waals surface area contributed by atoms with E-state index in [0.717, 1.165) is 5.56 Å². The molecule has 0 bridgehead atoms. The largest absolute Gasteiger partial charge is 0.388 e. The summed E-state index contributed by atoms with van der Waals surface area (Å²) >= 11 is 5.87. The third kappa shape index (κ3) is 5.37. The minimum Gasteiger partial charge on any atom is -0.388 e. The standard InChI is InChI=1S/C18H19ClN2O3/c1-12-4-2-7-15(10-12)21-18(24)17(23)20-9-8-16(22)13-5-3-6-14(19)11-13/h2-7,10-11,16,22H,8-9H2,1H3,(H,20,23)(H,21,24)/t16-/m1/s1. The second kappa shape index (κ2) is 8.47. The Labute approximate surface area is 145 Å².